The average molecular weight is 319 g/mol. The van der Waals surface area contributed by atoms with E-state index in [9.17, 15) is 0 Å². The van der Waals surface area contributed by atoms with Crippen molar-refractivity contribution in [1.82, 2.24) is 5.32 Å². The van der Waals surface area contributed by atoms with Gasteiger partial charge in [-0.25, -0.2) is 0 Å². The largest absolute Gasteiger partial charge is 0.494 e. The lowest BCUT2D eigenvalue weighted by Gasteiger charge is -2.22. The molecule has 1 fully saturated rings. The van der Waals surface area contributed by atoms with Gasteiger partial charge < -0.3 is 14.8 Å². The molecule has 0 spiro atoms. The third-order valence-corrected chi connectivity index (χ3v) is 4.44. The van der Waals surface area contributed by atoms with Gasteiger partial charge in [-0.05, 0) is 56.3 Å². The van der Waals surface area contributed by atoms with E-state index in [4.69, 9.17) is 9.47 Å². The van der Waals surface area contributed by atoms with Crippen molar-refractivity contribution >= 4 is 0 Å². The van der Waals surface area contributed by atoms with E-state index >= 15 is 0 Å². The first-order valence-electron chi connectivity index (χ1n) is 9.42. The molecule has 1 aliphatic rings. The summed E-state index contributed by atoms with van der Waals surface area (Å²) in [6, 6.07) is 6.21. The standard InChI is InChI=1S/C20H33NO2/c1-3-12-22-19-10-11-20(23-13-4-2)18(14-19)16-21-15-17-8-6-5-7-9-17/h10-11,14,17,21H,3-9,12-13,15-16H2,1-2H3. The van der Waals surface area contributed by atoms with Crippen molar-refractivity contribution in [2.75, 3.05) is 19.8 Å². The van der Waals surface area contributed by atoms with Gasteiger partial charge in [0, 0.05) is 12.1 Å². The smallest absolute Gasteiger partial charge is 0.124 e. The summed E-state index contributed by atoms with van der Waals surface area (Å²) in [6.45, 7) is 7.78. The van der Waals surface area contributed by atoms with E-state index in [1.165, 1.54) is 37.7 Å². The minimum Gasteiger partial charge on any atom is -0.494 e. The van der Waals surface area contributed by atoms with Gasteiger partial charge in [-0.3, -0.25) is 0 Å². The normalized spacial score (nSPS) is 15.6. The minimum absolute atomic E-state index is 0.768. The second-order valence-electron chi connectivity index (χ2n) is 6.60. The van der Waals surface area contributed by atoms with Gasteiger partial charge in [-0.15, -0.1) is 0 Å². The molecule has 3 nitrogen and oxygen atoms in total. The quantitative estimate of drug-likeness (QED) is 0.663. The molecular weight excluding hydrogens is 286 g/mol. The zero-order chi connectivity index (χ0) is 16.3. The maximum Gasteiger partial charge on any atom is 0.124 e. The summed E-state index contributed by atoms with van der Waals surface area (Å²) in [5, 5.41) is 3.64. The van der Waals surface area contributed by atoms with Gasteiger partial charge in [0.2, 0.25) is 0 Å². The molecule has 0 unspecified atom stereocenters. The number of hydrogen-bond acceptors (Lipinski definition) is 3. The molecule has 1 saturated carbocycles. The predicted octanol–water partition coefficient (Wildman–Crippen LogP) is 4.93. The van der Waals surface area contributed by atoms with Crippen molar-refractivity contribution < 1.29 is 9.47 Å². The van der Waals surface area contributed by atoms with Crippen LogP contribution in [0.5, 0.6) is 11.5 Å². The lowest BCUT2D eigenvalue weighted by molar-refractivity contribution is 0.303. The lowest BCUT2D eigenvalue weighted by atomic mass is 9.89. The number of rotatable bonds is 10. The summed E-state index contributed by atoms with van der Waals surface area (Å²) >= 11 is 0. The fourth-order valence-corrected chi connectivity index (χ4v) is 3.16. The molecule has 23 heavy (non-hydrogen) atoms. The third kappa shape index (κ3) is 6.42. The van der Waals surface area contributed by atoms with E-state index in [0.29, 0.717) is 0 Å². The van der Waals surface area contributed by atoms with Crippen LogP contribution in [-0.4, -0.2) is 19.8 Å². The molecule has 0 radical (unpaired) electrons. The van der Waals surface area contributed by atoms with Crippen molar-refractivity contribution in [1.29, 1.82) is 0 Å². The summed E-state index contributed by atoms with van der Waals surface area (Å²) in [4.78, 5) is 0. The number of nitrogens with one attached hydrogen (secondary N) is 1. The first kappa shape index (κ1) is 18.1. The molecule has 2 rings (SSSR count). The van der Waals surface area contributed by atoms with Crippen LogP contribution in [0.2, 0.25) is 0 Å². The Morgan fingerprint density at radius 1 is 1.00 bits per heavy atom. The number of hydrogen-bond donors (Lipinski definition) is 1. The summed E-state index contributed by atoms with van der Waals surface area (Å²) in [6.07, 6.45) is 9.04. The summed E-state index contributed by atoms with van der Waals surface area (Å²) in [5.41, 5.74) is 1.21. The molecule has 0 aliphatic heterocycles. The Morgan fingerprint density at radius 2 is 1.74 bits per heavy atom. The molecule has 1 aliphatic carbocycles. The van der Waals surface area contributed by atoms with Crippen LogP contribution >= 0.6 is 0 Å². The Bertz CT molecular complexity index is 441. The SMILES string of the molecule is CCCOc1ccc(OCCC)c(CNCC2CCCCC2)c1. The zero-order valence-electron chi connectivity index (χ0n) is 14.9. The van der Waals surface area contributed by atoms with Gasteiger partial charge in [0.05, 0.1) is 13.2 Å². The molecule has 0 amide bonds. The van der Waals surface area contributed by atoms with E-state index in [1.54, 1.807) is 0 Å². The molecule has 1 aromatic carbocycles. The predicted molar refractivity (Wildman–Crippen MR) is 96.3 cm³/mol. The number of ether oxygens (including phenoxy) is 2. The van der Waals surface area contributed by atoms with Crippen molar-refractivity contribution in [3.63, 3.8) is 0 Å². The van der Waals surface area contributed by atoms with Crippen molar-refractivity contribution in [3.8, 4) is 11.5 Å². The minimum atomic E-state index is 0.768. The van der Waals surface area contributed by atoms with Crippen LogP contribution in [0.25, 0.3) is 0 Å². The Balaban J connectivity index is 1.91. The molecule has 1 N–H and O–H groups in total. The van der Waals surface area contributed by atoms with Crippen LogP contribution in [0.15, 0.2) is 18.2 Å². The molecule has 0 atom stereocenters. The molecule has 0 aromatic heterocycles. The topological polar surface area (TPSA) is 30.5 Å². The van der Waals surface area contributed by atoms with Gasteiger partial charge in [-0.1, -0.05) is 33.1 Å². The highest BCUT2D eigenvalue weighted by molar-refractivity contribution is 5.40. The Labute approximate surface area is 141 Å². The molecule has 0 saturated heterocycles. The summed E-state index contributed by atoms with van der Waals surface area (Å²) in [7, 11) is 0. The van der Waals surface area contributed by atoms with E-state index in [2.05, 4.69) is 31.3 Å². The van der Waals surface area contributed by atoms with Crippen molar-refractivity contribution in [2.45, 2.75) is 65.3 Å². The van der Waals surface area contributed by atoms with E-state index in [-0.39, 0.29) is 0 Å². The van der Waals surface area contributed by atoms with Crippen LogP contribution in [0, 0.1) is 5.92 Å². The van der Waals surface area contributed by atoms with Crippen LogP contribution in [-0.2, 0) is 6.54 Å². The van der Waals surface area contributed by atoms with Crippen LogP contribution in [0.1, 0.15) is 64.4 Å². The molecule has 1 aromatic rings. The van der Waals surface area contributed by atoms with Gasteiger partial charge in [0.25, 0.3) is 0 Å². The molecular formula is C20H33NO2. The fourth-order valence-electron chi connectivity index (χ4n) is 3.16. The maximum atomic E-state index is 5.89. The Morgan fingerprint density at radius 3 is 2.48 bits per heavy atom. The second-order valence-corrected chi connectivity index (χ2v) is 6.60. The first-order valence-corrected chi connectivity index (χ1v) is 9.42. The van der Waals surface area contributed by atoms with Gasteiger partial charge in [-0.2, -0.15) is 0 Å². The van der Waals surface area contributed by atoms with Gasteiger partial charge >= 0.3 is 0 Å². The Kier molecular flexibility index (Phi) is 8.30. The highest BCUT2D eigenvalue weighted by Crippen LogP contribution is 2.26. The van der Waals surface area contributed by atoms with Crippen LogP contribution in [0.3, 0.4) is 0 Å². The zero-order valence-corrected chi connectivity index (χ0v) is 14.9. The monoisotopic (exact) mass is 319 g/mol. The Hall–Kier alpha value is -1.22. The molecule has 130 valence electrons. The van der Waals surface area contributed by atoms with E-state index < -0.39 is 0 Å². The summed E-state index contributed by atoms with van der Waals surface area (Å²) < 4.78 is 11.7. The molecule has 0 heterocycles. The van der Waals surface area contributed by atoms with Crippen LogP contribution in [0.4, 0.5) is 0 Å². The molecule has 3 heteroatoms. The highest BCUT2D eigenvalue weighted by Gasteiger charge is 2.13. The van der Waals surface area contributed by atoms with E-state index in [1.807, 2.05) is 6.07 Å². The van der Waals surface area contributed by atoms with Crippen molar-refractivity contribution in [3.05, 3.63) is 23.8 Å². The summed E-state index contributed by atoms with van der Waals surface area (Å²) in [5.74, 6) is 2.79. The third-order valence-electron chi connectivity index (χ3n) is 4.44. The van der Waals surface area contributed by atoms with Crippen molar-refractivity contribution in [2.24, 2.45) is 5.92 Å². The van der Waals surface area contributed by atoms with Gasteiger partial charge in [0.1, 0.15) is 11.5 Å². The average Bonchev–Trinajstić information content (AvgIpc) is 2.60. The lowest BCUT2D eigenvalue weighted by Crippen LogP contribution is -2.24. The van der Waals surface area contributed by atoms with Crippen LogP contribution < -0.4 is 14.8 Å². The highest BCUT2D eigenvalue weighted by atomic mass is 16.5. The van der Waals surface area contributed by atoms with Gasteiger partial charge in [0.15, 0.2) is 0 Å². The number of benzene rings is 1. The fraction of sp³-hybridized carbons (Fsp3) is 0.700. The van der Waals surface area contributed by atoms with E-state index in [0.717, 1.165) is 56.6 Å². The first-order chi connectivity index (χ1) is 11.3. The maximum absolute atomic E-state index is 5.89. The second kappa shape index (κ2) is 10.5. The molecule has 0 bridgehead atoms.